The van der Waals surface area contributed by atoms with Gasteiger partial charge in [0, 0.05) is 0 Å². The minimum Gasteiger partial charge on any atom is -0.395 e. The van der Waals surface area contributed by atoms with Gasteiger partial charge in [0.05, 0.1) is 10.7 Å². The number of hydrogen-bond acceptors (Lipinski definition) is 1. The van der Waals surface area contributed by atoms with E-state index in [-0.39, 0.29) is 10.7 Å². The maximum absolute atomic E-state index is 13.3. The molecule has 76 valence electrons. The number of benzene rings is 2. The van der Waals surface area contributed by atoms with Gasteiger partial charge >= 0.3 is 0 Å². The molecule has 0 bridgehead atoms. The first-order chi connectivity index (χ1) is 7.18. The van der Waals surface area contributed by atoms with E-state index in [1.165, 1.54) is 6.07 Å². The Morgan fingerprint density at radius 2 is 1.67 bits per heavy atom. The lowest BCUT2D eigenvalue weighted by Crippen LogP contribution is -1.92. The van der Waals surface area contributed by atoms with Gasteiger partial charge in [-0.05, 0) is 23.3 Å². The van der Waals surface area contributed by atoms with Crippen LogP contribution in [0.5, 0.6) is 0 Å². The molecule has 0 aliphatic carbocycles. The van der Waals surface area contributed by atoms with Crippen LogP contribution >= 0.6 is 11.6 Å². The smallest absolute Gasteiger partial charge is 0.148 e. The van der Waals surface area contributed by atoms with E-state index in [0.29, 0.717) is 0 Å². The summed E-state index contributed by atoms with van der Waals surface area (Å²) in [6.45, 7) is 0. The fourth-order valence-corrected chi connectivity index (χ4v) is 1.59. The monoisotopic (exact) mass is 221 g/mol. The van der Waals surface area contributed by atoms with Gasteiger partial charge in [-0.2, -0.15) is 0 Å². The molecule has 15 heavy (non-hydrogen) atoms. The Bertz CT molecular complexity index is 459. The third-order valence-corrected chi connectivity index (χ3v) is 2.50. The van der Waals surface area contributed by atoms with Gasteiger partial charge in [-0.1, -0.05) is 41.9 Å². The average molecular weight is 222 g/mol. The number of halogens is 2. The molecule has 0 spiro atoms. The molecule has 0 aliphatic rings. The van der Waals surface area contributed by atoms with Crippen LogP contribution in [0, 0.1) is 5.82 Å². The number of nitrogens with two attached hydrogens (primary N) is 1. The molecule has 3 heteroatoms. The van der Waals surface area contributed by atoms with Crippen LogP contribution in [-0.2, 0) is 0 Å². The predicted octanol–water partition coefficient (Wildman–Crippen LogP) is 3.73. The highest BCUT2D eigenvalue weighted by Gasteiger charge is 2.06. The number of rotatable bonds is 1. The zero-order valence-electron chi connectivity index (χ0n) is 7.87. The highest BCUT2D eigenvalue weighted by Crippen LogP contribution is 2.29. The van der Waals surface area contributed by atoms with Crippen LogP contribution in [0.25, 0.3) is 11.1 Å². The van der Waals surface area contributed by atoms with E-state index in [4.69, 9.17) is 17.3 Å². The zero-order valence-corrected chi connectivity index (χ0v) is 8.63. The van der Waals surface area contributed by atoms with Crippen LogP contribution < -0.4 is 5.73 Å². The quantitative estimate of drug-likeness (QED) is 0.730. The van der Waals surface area contributed by atoms with Gasteiger partial charge in [0.1, 0.15) is 5.82 Å². The van der Waals surface area contributed by atoms with Gasteiger partial charge in [0.2, 0.25) is 0 Å². The first-order valence-electron chi connectivity index (χ1n) is 4.48. The average Bonchev–Trinajstić information content (AvgIpc) is 2.26. The normalized spacial score (nSPS) is 10.3. The summed E-state index contributed by atoms with van der Waals surface area (Å²) >= 11 is 5.80. The van der Waals surface area contributed by atoms with Gasteiger partial charge in [0.15, 0.2) is 0 Å². The SMILES string of the molecule is Nc1c(F)cc(-c2ccccc2)cc1Cl. The van der Waals surface area contributed by atoms with Crippen molar-refractivity contribution < 1.29 is 4.39 Å². The lowest BCUT2D eigenvalue weighted by molar-refractivity contribution is 0.633. The Hall–Kier alpha value is -1.54. The first kappa shape index (κ1) is 9.99. The van der Waals surface area contributed by atoms with Crippen LogP contribution in [0.2, 0.25) is 5.02 Å². The summed E-state index contributed by atoms with van der Waals surface area (Å²) in [6.07, 6.45) is 0. The van der Waals surface area contributed by atoms with Gasteiger partial charge in [-0.3, -0.25) is 0 Å². The third kappa shape index (κ3) is 1.95. The standard InChI is InChI=1S/C12H9ClFN/c13-10-6-9(7-11(14)12(10)15)8-4-2-1-3-5-8/h1-7H,15H2. The van der Waals surface area contributed by atoms with Crippen LogP contribution in [0.1, 0.15) is 0 Å². The molecule has 0 aromatic heterocycles. The molecule has 2 rings (SSSR count). The molecular weight excluding hydrogens is 213 g/mol. The topological polar surface area (TPSA) is 26.0 Å². The molecule has 0 heterocycles. The summed E-state index contributed by atoms with van der Waals surface area (Å²) < 4.78 is 13.3. The highest BCUT2D eigenvalue weighted by atomic mass is 35.5. The van der Waals surface area contributed by atoms with Gasteiger partial charge < -0.3 is 5.73 Å². The molecule has 0 saturated heterocycles. The van der Waals surface area contributed by atoms with E-state index in [0.717, 1.165) is 11.1 Å². The fourth-order valence-electron chi connectivity index (χ4n) is 1.38. The summed E-state index contributed by atoms with van der Waals surface area (Å²) in [5, 5.41) is 0.244. The Morgan fingerprint density at radius 3 is 2.27 bits per heavy atom. The summed E-state index contributed by atoms with van der Waals surface area (Å²) in [4.78, 5) is 0. The minimum atomic E-state index is -0.485. The number of hydrogen-bond donors (Lipinski definition) is 1. The molecular formula is C12H9ClFN. The van der Waals surface area contributed by atoms with Crippen molar-refractivity contribution in [1.29, 1.82) is 0 Å². The van der Waals surface area contributed by atoms with Crippen LogP contribution in [0.3, 0.4) is 0 Å². The van der Waals surface area contributed by atoms with Crippen molar-refractivity contribution in [3.8, 4) is 11.1 Å². The number of nitrogen functional groups attached to an aromatic ring is 1. The fraction of sp³-hybridized carbons (Fsp3) is 0. The van der Waals surface area contributed by atoms with E-state index in [2.05, 4.69) is 0 Å². The van der Waals surface area contributed by atoms with E-state index >= 15 is 0 Å². The van der Waals surface area contributed by atoms with Crippen molar-refractivity contribution in [2.45, 2.75) is 0 Å². The molecule has 2 aromatic rings. The van der Waals surface area contributed by atoms with Crippen LogP contribution in [0.15, 0.2) is 42.5 Å². The second-order valence-electron chi connectivity index (χ2n) is 3.22. The lowest BCUT2D eigenvalue weighted by Gasteiger charge is -2.05. The van der Waals surface area contributed by atoms with Crippen LogP contribution in [0.4, 0.5) is 10.1 Å². The molecule has 2 aromatic carbocycles. The molecule has 0 radical (unpaired) electrons. The molecule has 1 nitrogen and oxygen atoms in total. The maximum atomic E-state index is 13.3. The molecule has 2 N–H and O–H groups in total. The Balaban J connectivity index is 2.56. The Morgan fingerprint density at radius 1 is 1.00 bits per heavy atom. The van der Waals surface area contributed by atoms with E-state index < -0.39 is 5.82 Å². The lowest BCUT2D eigenvalue weighted by atomic mass is 10.1. The summed E-state index contributed by atoms with van der Waals surface area (Å²) in [5.41, 5.74) is 7.06. The van der Waals surface area contributed by atoms with Crippen molar-refractivity contribution in [2.24, 2.45) is 0 Å². The Labute approximate surface area is 92.3 Å². The van der Waals surface area contributed by atoms with Crippen molar-refractivity contribution >= 4 is 17.3 Å². The van der Waals surface area contributed by atoms with Gasteiger partial charge in [-0.25, -0.2) is 4.39 Å². The molecule has 0 amide bonds. The van der Waals surface area contributed by atoms with Crippen molar-refractivity contribution in [3.05, 3.63) is 53.3 Å². The van der Waals surface area contributed by atoms with Gasteiger partial charge in [0.25, 0.3) is 0 Å². The molecule has 0 fully saturated rings. The van der Waals surface area contributed by atoms with E-state index in [1.807, 2.05) is 30.3 Å². The molecule has 0 saturated carbocycles. The summed E-state index contributed by atoms with van der Waals surface area (Å²) in [5.74, 6) is -0.485. The second kappa shape index (κ2) is 3.91. The maximum Gasteiger partial charge on any atom is 0.148 e. The second-order valence-corrected chi connectivity index (χ2v) is 3.63. The molecule has 0 aliphatic heterocycles. The van der Waals surface area contributed by atoms with Crippen molar-refractivity contribution in [3.63, 3.8) is 0 Å². The largest absolute Gasteiger partial charge is 0.395 e. The van der Waals surface area contributed by atoms with E-state index in [1.54, 1.807) is 6.07 Å². The van der Waals surface area contributed by atoms with Crippen molar-refractivity contribution in [2.75, 3.05) is 5.73 Å². The summed E-state index contributed by atoms with van der Waals surface area (Å²) in [6, 6.07) is 12.5. The van der Waals surface area contributed by atoms with Crippen LogP contribution in [-0.4, -0.2) is 0 Å². The molecule has 0 atom stereocenters. The highest BCUT2D eigenvalue weighted by molar-refractivity contribution is 6.33. The zero-order chi connectivity index (χ0) is 10.8. The molecule has 0 unspecified atom stereocenters. The first-order valence-corrected chi connectivity index (χ1v) is 4.86. The minimum absolute atomic E-state index is 0.00338. The Kier molecular flexibility index (Phi) is 2.60. The van der Waals surface area contributed by atoms with E-state index in [9.17, 15) is 4.39 Å². The third-order valence-electron chi connectivity index (χ3n) is 2.19. The number of anilines is 1. The predicted molar refractivity (Wildman–Crippen MR) is 61.3 cm³/mol. The van der Waals surface area contributed by atoms with Crippen molar-refractivity contribution in [1.82, 2.24) is 0 Å². The van der Waals surface area contributed by atoms with Gasteiger partial charge in [-0.15, -0.1) is 0 Å². The summed E-state index contributed by atoms with van der Waals surface area (Å²) in [7, 11) is 0.